The highest BCUT2D eigenvalue weighted by molar-refractivity contribution is 6.30. The molecule has 152 valence electrons. The molecule has 1 saturated heterocycles. The van der Waals surface area contributed by atoms with E-state index in [9.17, 15) is 19.1 Å². The van der Waals surface area contributed by atoms with Crippen LogP contribution in [0.5, 0.6) is 0 Å². The number of halogens is 2. The maximum absolute atomic E-state index is 14.0. The van der Waals surface area contributed by atoms with Gasteiger partial charge in [0.05, 0.1) is 17.2 Å². The Morgan fingerprint density at radius 3 is 2.79 bits per heavy atom. The molecule has 2 amide bonds. The Kier molecular flexibility index (Phi) is 6.71. The van der Waals surface area contributed by atoms with Crippen molar-refractivity contribution in [3.8, 4) is 0 Å². The lowest BCUT2D eigenvalue weighted by molar-refractivity contribution is -0.128. The first kappa shape index (κ1) is 21.7. The highest BCUT2D eigenvalue weighted by atomic mass is 35.5. The fourth-order valence-corrected chi connectivity index (χ4v) is 2.96. The molecule has 3 atom stereocenters. The zero-order valence-electron chi connectivity index (χ0n) is 15.6. The molecule has 1 aromatic carbocycles. The van der Waals surface area contributed by atoms with Gasteiger partial charge in [-0.2, -0.15) is 0 Å². The van der Waals surface area contributed by atoms with Gasteiger partial charge in [-0.3, -0.25) is 9.69 Å². The van der Waals surface area contributed by atoms with Crippen LogP contribution in [0.1, 0.15) is 26.3 Å². The second kappa shape index (κ2) is 8.64. The second-order valence-corrected chi connectivity index (χ2v) is 7.68. The fraction of sp³-hybridized carbons (Fsp3) is 0.529. The van der Waals surface area contributed by atoms with Crippen LogP contribution in [0.3, 0.4) is 0 Å². The zero-order valence-corrected chi connectivity index (χ0v) is 16.4. The predicted molar refractivity (Wildman–Crippen MR) is 98.9 cm³/mol. The summed E-state index contributed by atoms with van der Waals surface area (Å²) >= 11 is 5.72. The number of azide groups is 1. The van der Waals surface area contributed by atoms with Crippen LogP contribution in [0.4, 0.5) is 9.18 Å². The Labute approximate surface area is 166 Å². The summed E-state index contributed by atoms with van der Waals surface area (Å²) < 4.78 is 19.2. The van der Waals surface area contributed by atoms with Gasteiger partial charge in [0.2, 0.25) is 5.91 Å². The topological polar surface area (TPSA) is 128 Å². The van der Waals surface area contributed by atoms with Gasteiger partial charge >= 0.3 is 6.09 Å². The van der Waals surface area contributed by atoms with E-state index in [-0.39, 0.29) is 23.7 Å². The number of rotatable bonds is 4. The molecule has 1 heterocycles. The van der Waals surface area contributed by atoms with E-state index in [1.807, 2.05) is 0 Å². The van der Waals surface area contributed by atoms with Gasteiger partial charge in [-0.25, -0.2) is 9.18 Å². The summed E-state index contributed by atoms with van der Waals surface area (Å²) in [7, 11) is 0. The Morgan fingerprint density at radius 1 is 1.50 bits per heavy atom. The van der Waals surface area contributed by atoms with Gasteiger partial charge in [-0.05, 0) is 32.4 Å². The van der Waals surface area contributed by atoms with E-state index in [0.29, 0.717) is 0 Å². The van der Waals surface area contributed by atoms with E-state index in [2.05, 4.69) is 15.3 Å². The Hall–Kier alpha value is -2.55. The van der Waals surface area contributed by atoms with Crippen LogP contribution in [0.15, 0.2) is 23.3 Å². The second-order valence-electron chi connectivity index (χ2n) is 7.27. The molecule has 0 aliphatic carbocycles. The molecule has 1 fully saturated rings. The van der Waals surface area contributed by atoms with Gasteiger partial charge in [-0.1, -0.05) is 28.8 Å². The number of aliphatic hydroxyl groups excluding tert-OH is 1. The molecule has 0 spiro atoms. The monoisotopic (exact) mass is 413 g/mol. The summed E-state index contributed by atoms with van der Waals surface area (Å²) in [6.07, 6.45) is -2.27. The average molecular weight is 414 g/mol. The number of hydrogen-bond acceptors (Lipinski definition) is 5. The minimum absolute atomic E-state index is 0.0912. The smallest absolute Gasteiger partial charge is 0.411 e. The molecule has 28 heavy (non-hydrogen) atoms. The van der Waals surface area contributed by atoms with Crippen molar-refractivity contribution in [2.45, 2.75) is 51.1 Å². The first-order valence-corrected chi connectivity index (χ1v) is 8.85. The van der Waals surface area contributed by atoms with Crippen molar-refractivity contribution >= 4 is 23.6 Å². The zero-order chi connectivity index (χ0) is 21.1. The number of ether oxygens (including phenoxy) is 1. The SMILES string of the molecule is CC(C)(C)OC(=O)N1C[C@@H](N=[N+]=[N-])[C@H](O)[C@H]1C(=O)NCc1cccc(Cl)c1F. The molecule has 1 aliphatic heterocycles. The first-order valence-electron chi connectivity index (χ1n) is 8.47. The molecular formula is C17H21ClFN5O4. The van der Waals surface area contributed by atoms with E-state index in [1.54, 1.807) is 20.8 Å². The molecular weight excluding hydrogens is 393 g/mol. The largest absolute Gasteiger partial charge is 0.444 e. The maximum Gasteiger partial charge on any atom is 0.411 e. The van der Waals surface area contributed by atoms with Crippen LogP contribution in [-0.2, 0) is 16.1 Å². The van der Waals surface area contributed by atoms with Gasteiger partial charge in [0.15, 0.2) is 0 Å². The standard InChI is InChI=1S/C17H21ClFN5O4/c1-17(2,3)28-16(27)24-8-11(22-23-20)14(25)13(24)15(26)21-7-9-5-4-6-10(18)12(9)19/h4-6,11,13-14,25H,7-8H2,1-3H3,(H,21,26)/t11-,13+,14+/m1/s1. The van der Waals surface area contributed by atoms with Gasteiger partial charge in [0.1, 0.15) is 17.5 Å². The lowest BCUT2D eigenvalue weighted by atomic mass is 10.1. The Bertz CT molecular complexity index is 809. The van der Waals surface area contributed by atoms with Crippen LogP contribution in [-0.4, -0.2) is 52.3 Å². The van der Waals surface area contributed by atoms with Crippen molar-refractivity contribution in [1.29, 1.82) is 0 Å². The normalized spacial score (nSPS) is 21.8. The van der Waals surface area contributed by atoms with E-state index in [4.69, 9.17) is 21.9 Å². The van der Waals surface area contributed by atoms with Crippen LogP contribution >= 0.6 is 11.6 Å². The van der Waals surface area contributed by atoms with E-state index in [1.165, 1.54) is 18.2 Å². The summed E-state index contributed by atoms with van der Waals surface area (Å²) in [4.78, 5) is 28.7. The molecule has 0 radical (unpaired) electrons. The van der Waals surface area contributed by atoms with Crippen LogP contribution in [0.2, 0.25) is 5.02 Å². The lowest BCUT2D eigenvalue weighted by Gasteiger charge is -2.28. The minimum atomic E-state index is -1.44. The summed E-state index contributed by atoms with van der Waals surface area (Å²) in [6, 6.07) is 1.98. The number of hydrogen-bond donors (Lipinski definition) is 2. The van der Waals surface area contributed by atoms with Crippen LogP contribution in [0, 0.1) is 5.82 Å². The van der Waals surface area contributed by atoms with Gasteiger partial charge in [-0.15, -0.1) is 0 Å². The number of carbonyl (C=O) groups excluding carboxylic acids is 2. The third-order valence-corrected chi connectivity index (χ3v) is 4.31. The summed E-state index contributed by atoms with van der Waals surface area (Å²) in [5.41, 5.74) is 7.96. The Morgan fingerprint density at radius 2 is 2.18 bits per heavy atom. The number of aliphatic hydroxyl groups is 1. The van der Waals surface area contributed by atoms with Crippen molar-refractivity contribution in [3.63, 3.8) is 0 Å². The van der Waals surface area contributed by atoms with Crippen LogP contribution < -0.4 is 5.32 Å². The molecule has 9 nitrogen and oxygen atoms in total. The average Bonchev–Trinajstić information content (AvgIpc) is 2.92. The van der Waals surface area contributed by atoms with Crippen LogP contribution in [0.25, 0.3) is 10.4 Å². The van der Waals surface area contributed by atoms with Crippen molar-refractivity contribution in [3.05, 3.63) is 45.0 Å². The van der Waals surface area contributed by atoms with Crippen molar-refractivity contribution in [2.24, 2.45) is 5.11 Å². The molecule has 0 bridgehead atoms. The highest BCUT2D eigenvalue weighted by Gasteiger charge is 2.48. The molecule has 2 rings (SSSR count). The first-order chi connectivity index (χ1) is 13.0. The van der Waals surface area contributed by atoms with E-state index >= 15 is 0 Å². The van der Waals surface area contributed by atoms with Gasteiger partial charge in [0, 0.05) is 23.6 Å². The van der Waals surface area contributed by atoms with E-state index in [0.717, 1.165) is 4.90 Å². The maximum atomic E-state index is 14.0. The fourth-order valence-electron chi connectivity index (χ4n) is 2.77. The summed E-state index contributed by atoms with van der Waals surface area (Å²) in [5, 5.41) is 16.2. The summed E-state index contributed by atoms with van der Waals surface area (Å²) in [6.45, 7) is 4.56. The minimum Gasteiger partial charge on any atom is -0.444 e. The third kappa shape index (κ3) is 5.03. The third-order valence-electron chi connectivity index (χ3n) is 4.02. The number of nitrogens with zero attached hydrogens (tertiary/aromatic N) is 4. The summed E-state index contributed by atoms with van der Waals surface area (Å²) in [5.74, 6) is -1.42. The lowest BCUT2D eigenvalue weighted by Crippen LogP contribution is -2.51. The molecule has 0 saturated carbocycles. The van der Waals surface area contributed by atoms with Gasteiger partial charge < -0.3 is 15.2 Å². The molecule has 1 aromatic rings. The van der Waals surface area contributed by atoms with Gasteiger partial charge in [0.25, 0.3) is 0 Å². The molecule has 11 heteroatoms. The molecule has 2 N–H and O–H groups in total. The Balaban J connectivity index is 2.19. The number of nitrogens with one attached hydrogen (secondary N) is 1. The van der Waals surface area contributed by atoms with E-state index < -0.39 is 41.6 Å². The number of benzene rings is 1. The van der Waals surface area contributed by atoms with Crippen molar-refractivity contribution < 1.29 is 23.8 Å². The predicted octanol–water partition coefficient (Wildman–Crippen LogP) is 2.75. The number of carbonyl (C=O) groups is 2. The molecule has 0 aromatic heterocycles. The van der Waals surface area contributed by atoms with Crippen molar-refractivity contribution in [1.82, 2.24) is 10.2 Å². The quantitative estimate of drug-likeness (QED) is 0.446. The molecule has 1 aliphatic rings. The van der Waals surface area contributed by atoms with Crippen molar-refractivity contribution in [2.75, 3.05) is 6.54 Å². The molecule has 0 unspecified atom stereocenters. The number of amides is 2. The highest BCUT2D eigenvalue weighted by Crippen LogP contribution is 2.25. The number of likely N-dealkylation sites (tertiary alicyclic amines) is 1.